The molecule has 1 heterocycles. The number of amides is 3. The zero-order valence-electron chi connectivity index (χ0n) is 18.7. The predicted molar refractivity (Wildman–Crippen MR) is 130 cm³/mol. The van der Waals surface area contributed by atoms with E-state index in [1.165, 1.54) is 25.3 Å². The highest BCUT2D eigenvalue weighted by molar-refractivity contribution is 8.18. The highest BCUT2D eigenvalue weighted by Gasteiger charge is 2.36. The van der Waals surface area contributed by atoms with Gasteiger partial charge in [0.1, 0.15) is 12.3 Å². The number of imide groups is 1. The van der Waals surface area contributed by atoms with Gasteiger partial charge in [-0.15, -0.1) is 0 Å². The van der Waals surface area contributed by atoms with E-state index in [4.69, 9.17) is 30.9 Å². The van der Waals surface area contributed by atoms with Gasteiger partial charge in [-0.1, -0.05) is 17.7 Å². The van der Waals surface area contributed by atoms with E-state index in [0.29, 0.717) is 46.1 Å². The molecule has 10 nitrogen and oxygen atoms in total. The summed E-state index contributed by atoms with van der Waals surface area (Å²) in [5.74, 6) is -1.37. The van der Waals surface area contributed by atoms with Crippen molar-refractivity contribution in [1.29, 1.82) is 0 Å². The third-order valence-corrected chi connectivity index (χ3v) is 5.73. The Morgan fingerprint density at radius 3 is 2.51 bits per heavy atom. The maximum absolute atomic E-state index is 12.8. The Labute approximate surface area is 209 Å². The third kappa shape index (κ3) is 6.67. The van der Waals surface area contributed by atoms with Gasteiger partial charge in [0.2, 0.25) is 5.91 Å². The summed E-state index contributed by atoms with van der Waals surface area (Å²) in [6, 6.07) is 9.32. The first-order valence-electron chi connectivity index (χ1n) is 10.2. The van der Waals surface area contributed by atoms with Crippen LogP contribution in [0.4, 0.5) is 10.5 Å². The summed E-state index contributed by atoms with van der Waals surface area (Å²) in [5.41, 5.74) is 0.913. The second kappa shape index (κ2) is 11.6. The molecule has 1 aliphatic heterocycles. The monoisotopic (exact) mass is 520 g/mol. The van der Waals surface area contributed by atoms with Gasteiger partial charge in [0.25, 0.3) is 11.1 Å². The number of rotatable bonds is 10. The SMILES string of the molecule is CCOc1cc(/C=C2/SC(=O)N(CC(=O)Nc3ccc(OC)c(Cl)c3)C2=O)ccc1OCC(=O)O. The maximum Gasteiger partial charge on any atom is 0.341 e. The molecular weight excluding hydrogens is 500 g/mol. The number of hydrogen-bond donors (Lipinski definition) is 2. The van der Waals surface area contributed by atoms with Crippen LogP contribution in [0.3, 0.4) is 0 Å². The first-order chi connectivity index (χ1) is 16.7. The topological polar surface area (TPSA) is 131 Å². The van der Waals surface area contributed by atoms with Crippen LogP contribution in [0.25, 0.3) is 6.08 Å². The number of anilines is 1. The lowest BCUT2D eigenvalue weighted by molar-refractivity contribution is -0.139. The van der Waals surface area contributed by atoms with E-state index < -0.39 is 36.2 Å². The number of nitrogens with zero attached hydrogens (tertiary/aromatic N) is 1. The molecule has 0 aromatic heterocycles. The lowest BCUT2D eigenvalue weighted by Gasteiger charge is -2.13. The number of carbonyl (C=O) groups excluding carboxylic acids is 3. The standard InChI is InChI=1S/C23H21ClN2O8S/c1-3-33-18-8-13(4-6-17(18)34-12-21(28)29)9-19-22(30)26(23(31)35-19)11-20(27)25-14-5-7-16(32-2)15(24)10-14/h4-10H,3,11-12H2,1-2H3,(H,25,27)(H,28,29)/b19-9+. The van der Waals surface area contributed by atoms with Crippen LogP contribution in [0, 0.1) is 0 Å². The minimum absolute atomic E-state index is 0.122. The van der Waals surface area contributed by atoms with E-state index in [-0.39, 0.29) is 10.7 Å². The summed E-state index contributed by atoms with van der Waals surface area (Å²) in [4.78, 5) is 49.3. The van der Waals surface area contributed by atoms with Crippen molar-refractivity contribution in [2.75, 3.05) is 32.2 Å². The van der Waals surface area contributed by atoms with E-state index in [9.17, 15) is 19.2 Å². The Morgan fingerprint density at radius 1 is 1.11 bits per heavy atom. The highest BCUT2D eigenvalue weighted by Crippen LogP contribution is 2.35. The Balaban J connectivity index is 1.71. The molecule has 184 valence electrons. The third-order valence-electron chi connectivity index (χ3n) is 4.53. The maximum atomic E-state index is 12.8. The second-order valence-corrected chi connectivity index (χ2v) is 8.39. The second-order valence-electron chi connectivity index (χ2n) is 6.99. The molecule has 35 heavy (non-hydrogen) atoms. The number of benzene rings is 2. The summed E-state index contributed by atoms with van der Waals surface area (Å²) < 4.78 is 15.8. The zero-order valence-corrected chi connectivity index (χ0v) is 20.3. The van der Waals surface area contributed by atoms with E-state index in [1.54, 1.807) is 31.2 Å². The Morgan fingerprint density at radius 2 is 1.86 bits per heavy atom. The van der Waals surface area contributed by atoms with Crippen molar-refractivity contribution in [2.24, 2.45) is 0 Å². The number of hydrogen-bond acceptors (Lipinski definition) is 8. The number of halogens is 1. The molecule has 0 atom stereocenters. The summed E-state index contributed by atoms with van der Waals surface area (Å²) in [7, 11) is 1.46. The van der Waals surface area contributed by atoms with Crippen molar-refractivity contribution in [3.05, 3.63) is 51.9 Å². The van der Waals surface area contributed by atoms with Gasteiger partial charge >= 0.3 is 5.97 Å². The molecule has 2 aromatic rings. The Hall–Kier alpha value is -3.70. The summed E-state index contributed by atoms with van der Waals surface area (Å²) >= 11 is 6.75. The molecule has 3 rings (SSSR count). The van der Waals surface area contributed by atoms with Crippen molar-refractivity contribution in [2.45, 2.75) is 6.92 Å². The Kier molecular flexibility index (Phi) is 8.61. The number of nitrogens with one attached hydrogen (secondary N) is 1. The number of aliphatic carboxylic acids is 1. The zero-order chi connectivity index (χ0) is 25.5. The minimum Gasteiger partial charge on any atom is -0.495 e. The fraction of sp³-hybridized carbons (Fsp3) is 0.217. The Bertz CT molecular complexity index is 1200. The number of ether oxygens (including phenoxy) is 3. The van der Waals surface area contributed by atoms with E-state index in [0.717, 1.165) is 4.90 Å². The highest BCUT2D eigenvalue weighted by atomic mass is 35.5. The quantitative estimate of drug-likeness (QED) is 0.448. The van der Waals surface area contributed by atoms with Gasteiger partial charge in [0.05, 0.1) is 23.6 Å². The molecule has 0 radical (unpaired) electrons. The predicted octanol–water partition coefficient (Wildman–Crippen LogP) is 3.89. The van der Waals surface area contributed by atoms with Gasteiger partial charge in [-0.25, -0.2) is 4.79 Å². The molecule has 0 bridgehead atoms. The van der Waals surface area contributed by atoms with Crippen LogP contribution in [0.1, 0.15) is 12.5 Å². The molecule has 12 heteroatoms. The number of carboxylic acid groups (broad SMARTS) is 1. The molecular formula is C23H21ClN2O8S. The smallest absolute Gasteiger partial charge is 0.341 e. The molecule has 1 aliphatic rings. The summed E-state index contributed by atoms with van der Waals surface area (Å²) in [5, 5.41) is 11.1. The molecule has 2 aromatic carbocycles. The fourth-order valence-corrected chi connectivity index (χ4v) is 4.11. The molecule has 0 spiro atoms. The molecule has 2 N–H and O–H groups in total. The minimum atomic E-state index is -1.13. The van der Waals surface area contributed by atoms with Crippen molar-refractivity contribution in [1.82, 2.24) is 4.90 Å². The average molecular weight is 521 g/mol. The first-order valence-corrected chi connectivity index (χ1v) is 11.4. The van der Waals surface area contributed by atoms with E-state index >= 15 is 0 Å². The van der Waals surface area contributed by atoms with Crippen LogP contribution in [0.5, 0.6) is 17.2 Å². The lowest BCUT2D eigenvalue weighted by atomic mass is 10.2. The molecule has 0 unspecified atom stereocenters. The van der Waals surface area contributed by atoms with Crippen LogP contribution in [0.15, 0.2) is 41.3 Å². The fourth-order valence-electron chi connectivity index (χ4n) is 3.02. The van der Waals surface area contributed by atoms with Gasteiger partial charge in [0, 0.05) is 5.69 Å². The molecule has 0 saturated carbocycles. The first kappa shape index (κ1) is 25.9. The molecule has 1 saturated heterocycles. The summed E-state index contributed by atoms with van der Waals surface area (Å²) in [6.07, 6.45) is 1.48. The van der Waals surface area contributed by atoms with Crippen molar-refractivity contribution < 1.29 is 38.5 Å². The van der Waals surface area contributed by atoms with E-state index in [2.05, 4.69) is 5.32 Å². The van der Waals surface area contributed by atoms with Crippen LogP contribution < -0.4 is 19.5 Å². The van der Waals surface area contributed by atoms with Crippen molar-refractivity contribution >= 4 is 58.1 Å². The van der Waals surface area contributed by atoms with Crippen molar-refractivity contribution in [3.8, 4) is 17.2 Å². The van der Waals surface area contributed by atoms with Gasteiger partial charge in [0.15, 0.2) is 18.1 Å². The van der Waals surface area contributed by atoms with Gasteiger partial charge < -0.3 is 24.6 Å². The number of thioether (sulfide) groups is 1. The van der Waals surface area contributed by atoms with Crippen LogP contribution in [-0.4, -0.2) is 59.9 Å². The van der Waals surface area contributed by atoms with E-state index in [1.807, 2.05) is 0 Å². The lowest BCUT2D eigenvalue weighted by Crippen LogP contribution is -2.36. The molecule has 3 amide bonds. The average Bonchev–Trinajstić information content (AvgIpc) is 3.06. The normalized spacial score (nSPS) is 14.3. The summed E-state index contributed by atoms with van der Waals surface area (Å²) in [6.45, 7) is 1.04. The van der Waals surface area contributed by atoms with Gasteiger partial charge in [-0.05, 0) is 60.7 Å². The van der Waals surface area contributed by atoms with Gasteiger partial charge in [-0.3, -0.25) is 19.3 Å². The number of methoxy groups -OCH3 is 1. The number of carbonyl (C=O) groups is 4. The molecule has 1 fully saturated rings. The van der Waals surface area contributed by atoms with Crippen molar-refractivity contribution in [3.63, 3.8) is 0 Å². The molecule has 0 aliphatic carbocycles. The van der Waals surface area contributed by atoms with Crippen LogP contribution in [0.2, 0.25) is 5.02 Å². The van der Waals surface area contributed by atoms with Gasteiger partial charge in [-0.2, -0.15) is 0 Å². The van der Waals surface area contributed by atoms with Crippen LogP contribution >= 0.6 is 23.4 Å². The largest absolute Gasteiger partial charge is 0.495 e. The van der Waals surface area contributed by atoms with Crippen LogP contribution in [-0.2, 0) is 14.4 Å². The number of carboxylic acids is 1.